The van der Waals surface area contributed by atoms with Crippen LogP contribution in [0.1, 0.15) is 30.0 Å². The van der Waals surface area contributed by atoms with Crippen molar-refractivity contribution in [2.45, 2.75) is 26.3 Å². The van der Waals surface area contributed by atoms with Crippen molar-refractivity contribution in [3.05, 3.63) is 58.5 Å². The zero-order valence-corrected chi connectivity index (χ0v) is 15.2. The van der Waals surface area contributed by atoms with E-state index in [0.29, 0.717) is 17.0 Å². The minimum atomic E-state index is -0.180. The van der Waals surface area contributed by atoms with Crippen LogP contribution in [0.15, 0.2) is 51.6 Å². The summed E-state index contributed by atoms with van der Waals surface area (Å²) in [7, 11) is 0. The average Bonchev–Trinajstić information content (AvgIpc) is 3.00. The molecule has 1 unspecified atom stereocenters. The fourth-order valence-electron chi connectivity index (χ4n) is 2.69. The molecule has 0 saturated carbocycles. The van der Waals surface area contributed by atoms with Gasteiger partial charge in [-0.3, -0.25) is 9.69 Å². The molecule has 2 aromatic rings. The van der Waals surface area contributed by atoms with E-state index >= 15 is 0 Å². The average molecular weight is 379 g/mol. The van der Waals surface area contributed by atoms with E-state index in [9.17, 15) is 4.79 Å². The van der Waals surface area contributed by atoms with Crippen LogP contribution in [0.5, 0.6) is 0 Å². The second kappa shape index (κ2) is 8.89. The van der Waals surface area contributed by atoms with Crippen molar-refractivity contribution in [3.8, 4) is 0 Å². The monoisotopic (exact) mass is 378 g/mol. The van der Waals surface area contributed by atoms with Gasteiger partial charge in [-0.05, 0) is 53.1 Å². The SMILES string of the molecule is CCN(CC)C(CNC(=O)c1ccc(Br)o1)Cc1ccccc1. The molecule has 1 N–H and O–H groups in total. The van der Waals surface area contributed by atoms with Crippen LogP contribution in [0.25, 0.3) is 0 Å². The predicted octanol–water partition coefficient (Wildman–Crippen LogP) is 3.73. The zero-order valence-electron chi connectivity index (χ0n) is 13.6. The van der Waals surface area contributed by atoms with Crippen LogP contribution in [0.2, 0.25) is 0 Å². The Morgan fingerprint density at radius 3 is 2.43 bits per heavy atom. The van der Waals surface area contributed by atoms with E-state index in [1.54, 1.807) is 12.1 Å². The lowest BCUT2D eigenvalue weighted by molar-refractivity contribution is 0.0905. The first-order chi connectivity index (χ1) is 11.1. The van der Waals surface area contributed by atoms with Gasteiger partial charge in [-0.15, -0.1) is 0 Å². The molecule has 0 aliphatic rings. The zero-order chi connectivity index (χ0) is 16.7. The number of hydrogen-bond donors (Lipinski definition) is 1. The van der Waals surface area contributed by atoms with Crippen LogP contribution in [0, 0.1) is 0 Å². The number of rotatable bonds is 8. The standard InChI is InChI=1S/C18H23BrN2O2/c1-3-21(4-2)15(12-14-8-6-5-7-9-14)13-20-18(22)16-10-11-17(19)23-16/h5-11,15H,3-4,12-13H2,1-2H3,(H,20,22). The maximum absolute atomic E-state index is 12.2. The van der Waals surface area contributed by atoms with Gasteiger partial charge >= 0.3 is 0 Å². The molecule has 1 aromatic heterocycles. The van der Waals surface area contributed by atoms with Gasteiger partial charge in [0.05, 0.1) is 0 Å². The van der Waals surface area contributed by atoms with Crippen molar-refractivity contribution in [2.24, 2.45) is 0 Å². The summed E-state index contributed by atoms with van der Waals surface area (Å²) in [6.45, 7) is 6.79. The van der Waals surface area contributed by atoms with Crippen LogP contribution in [-0.4, -0.2) is 36.5 Å². The largest absolute Gasteiger partial charge is 0.444 e. The molecule has 0 radical (unpaired) electrons. The number of likely N-dealkylation sites (N-methyl/N-ethyl adjacent to an activating group) is 1. The summed E-state index contributed by atoms with van der Waals surface area (Å²) in [6, 6.07) is 14.0. The van der Waals surface area contributed by atoms with Gasteiger partial charge in [-0.2, -0.15) is 0 Å². The molecule has 2 rings (SSSR count). The quantitative estimate of drug-likeness (QED) is 0.760. The first-order valence-electron chi connectivity index (χ1n) is 7.95. The molecular weight excluding hydrogens is 356 g/mol. The molecule has 23 heavy (non-hydrogen) atoms. The first kappa shape index (κ1) is 17.8. The number of hydrogen-bond acceptors (Lipinski definition) is 3. The van der Waals surface area contributed by atoms with E-state index in [1.807, 2.05) is 18.2 Å². The molecule has 0 fully saturated rings. The molecule has 0 spiro atoms. The number of halogens is 1. The molecular formula is C18H23BrN2O2. The van der Waals surface area contributed by atoms with Crippen LogP contribution >= 0.6 is 15.9 Å². The molecule has 1 heterocycles. The number of nitrogens with zero attached hydrogens (tertiary/aromatic N) is 1. The maximum atomic E-state index is 12.2. The topological polar surface area (TPSA) is 45.5 Å². The second-order valence-corrected chi connectivity index (χ2v) is 6.16. The van der Waals surface area contributed by atoms with E-state index in [2.05, 4.69) is 52.1 Å². The number of carbonyl (C=O) groups excluding carboxylic acids is 1. The van der Waals surface area contributed by atoms with Crippen molar-refractivity contribution in [3.63, 3.8) is 0 Å². The van der Waals surface area contributed by atoms with Gasteiger partial charge in [0.25, 0.3) is 5.91 Å². The first-order valence-corrected chi connectivity index (χ1v) is 8.74. The molecule has 0 bridgehead atoms. The molecule has 0 saturated heterocycles. The summed E-state index contributed by atoms with van der Waals surface area (Å²) in [5.41, 5.74) is 1.28. The summed E-state index contributed by atoms with van der Waals surface area (Å²) in [5, 5.41) is 2.99. The third-order valence-electron chi connectivity index (χ3n) is 3.94. The van der Waals surface area contributed by atoms with Crippen LogP contribution in [0.4, 0.5) is 0 Å². The highest BCUT2D eigenvalue weighted by Crippen LogP contribution is 2.14. The fourth-order valence-corrected chi connectivity index (χ4v) is 3.00. The van der Waals surface area contributed by atoms with Crippen LogP contribution in [-0.2, 0) is 6.42 Å². The molecule has 4 nitrogen and oxygen atoms in total. The number of nitrogens with one attached hydrogen (secondary N) is 1. The molecule has 1 aromatic carbocycles. The summed E-state index contributed by atoms with van der Waals surface area (Å²) < 4.78 is 5.86. The summed E-state index contributed by atoms with van der Waals surface area (Å²) >= 11 is 3.22. The van der Waals surface area contributed by atoms with Gasteiger partial charge in [0, 0.05) is 12.6 Å². The summed E-state index contributed by atoms with van der Waals surface area (Å²) in [4.78, 5) is 14.5. The lowest BCUT2D eigenvalue weighted by Gasteiger charge is -2.30. The highest BCUT2D eigenvalue weighted by atomic mass is 79.9. The fraction of sp³-hybridized carbons (Fsp3) is 0.389. The highest BCUT2D eigenvalue weighted by molar-refractivity contribution is 9.10. The Kier molecular flexibility index (Phi) is 6.86. The van der Waals surface area contributed by atoms with E-state index in [4.69, 9.17) is 4.42 Å². The van der Waals surface area contributed by atoms with E-state index in [0.717, 1.165) is 19.5 Å². The molecule has 1 atom stereocenters. The van der Waals surface area contributed by atoms with E-state index in [-0.39, 0.29) is 11.9 Å². The van der Waals surface area contributed by atoms with Crippen molar-refractivity contribution < 1.29 is 9.21 Å². The number of benzene rings is 1. The Labute approximate surface area is 146 Å². The Bertz CT molecular complexity index is 608. The summed E-state index contributed by atoms with van der Waals surface area (Å²) in [5.74, 6) is 0.149. The van der Waals surface area contributed by atoms with Crippen molar-refractivity contribution in [1.29, 1.82) is 0 Å². The molecule has 0 aliphatic heterocycles. The summed E-state index contributed by atoms with van der Waals surface area (Å²) in [6.07, 6.45) is 0.907. The predicted molar refractivity (Wildman–Crippen MR) is 95.6 cm³/mol. The maximum Gasteiger partial charge on any atom is 0.287 e. The highest BCUT2D eigenvalue weighted by Gasteiger charge is 2.18. The third-order valence-corrected chi connectivity index (χ3v) is 4.36. The Hall–Kier alpha value is -1.59. The van der Waals surface area contributed by atoms with Gasteiger partial charge < -0.3 is 9.73 Å². The Balaban J connectivity index is 2.01. The van der Waals surface area contributed by atoms with Crippen LogP contribution < -0.4 is 5.32 Å². The lowest BCUT2D eigenvalue weighted by atomic mass is 10.0. The van der Waals surface area contributed by atoms with Gasteiger partial charge in [-0.1, -0.05) is 44.2 Å². The van der Waals surface area contributed by atoms with Crippen molar-refractivity contribution in [1.82, 2.24) is 10.2 Å². The number of carbonyl (C=O) groups is 1. The van der Waals surface area contributed by atoms with E-state index in [1.165, 1.54) is 5.56 Å². The lowest BCUT2D eigenvalue weighted by Crippen LogP contribution is -2.45. The molecule has 5 heteroatoms. The Morgan fingerprint density at radius 2 is 1.87 bits per heavy atom. The van der Waals surface area contributed by atoms with Gasteiger partial charge in [0.2, 0.25) is 0 Å². The van der Waals surface area contributed by atoms with Crippen molar-refractivity contribution >= 4 is 21.8 Å². The number of furan rings is 1. The van der Waals surface area contributed by atoms with Gasteiger partial charge in [0.15, 0.2) is 10.4 Å². The number of amides is 1. The normalized spacial score (nSPS) is 12.3. The van der Waals surface area contributed by atoms with Gasteiger partial charge in [0.1, 0.15) is 0 Å². The molecule has 0 aliphatic carbocycles. The van der Waals surface area contributed by atoms with Crippen LogP contribution in [0.3, 0.4) is 0 Å². The Morgan fingerprint density at radius 1 is 1.17 bits per heavy atom. The molecule has 1 amide bonds. The minimum Gasteiger partial charge on any atom is -0.444 e. The smallest absolute Gasteiger partial charge is 0.287 e. The molecule has 124 valence electrons. The second-order valence-electron chi connectivity index (χ2n) is 5.38. The third kappa shape index (κ3) is 5.22. The van der Waals surface area contributed by atoms with Gasteiger partial charge in [-0.25, -0.2) is 0 Å². The van der Waals surface area contributed by atoms with E-state index < -0.39 is 0 Å². The minimum absolute atomic E-state index is 0.180. The van der Waals surface area contributed by atoms with Crippen molar-refractivity contribution in [2.75, 3.05) is 19.6 Å².